The van der Waals surface area contributed by atoms with Crippen molar-refractivity contribution < 1.29 is 23.3 Å². The van der Waals surface area contributed by atoms with Crippen LogP contribution in [0.25, 0.3) is 11.1 Å². The van der Waals surface area contributed by atoms with Crippen molar-refractivity contribution in [3.8, 4) is 11.1 Å². The number of benzene rings is 2. The van der Waals surface area contributed by atoms with Gasteiger partial charge in [-0.05, 0) is 17.4 Å². The molecule has 0 N–H and O–H groups in total. The van der Waals surface area contributed by atoms with Crippen LogP contribution in [0.5, 0.6) is 0 Å². The van der Waals surface area contributed by atoms with E-state index in [2.05, 4.69) is 110 Å². The van der Waals surface area contributed by atoms with Crippen molar-refractivity contribution in [2.75, 3.05) is 0 Å². The van der Waals surface area contributed by atoms with E-state index in [9.17, 15) is 0 Å². The molecule has 220 valence electrons. The zero-order valence-electron chi connectivity index (χ0n) is 25.7. The summed E-state index contributed by atoms with van der Waals surface area (Å²) in [6.45, 7) is 16.7. The molecule has 2 aromatic carbocycles. The average Bonchev–Trinajstić information content (AvgIpc) is 3.74. The van der Waals surface area contributed by atoms with Crippen molar-refractivity contribution >= 4 is 31.7 Å². The maximum atomic E-state index is 3.53. The maximum absolute atomic E-state index is 3.53. The summed E-state index contributed by atoms with van der Waals surface area (Å²) in [6, 6.07) is 15.1. The van der Waals surface area contributed by atoms with Gasteiger partial charge in [-0.25, -0.2) is 12.2 Å². The molecule has 0 unspecified atom stereocenters. The van der Waals surface area contributed by atoms with E-state index in [0.29, 0.717) is 0 Å². The topological polar surface area (TPSA) is 0 Å². The van der Waals surface area contributed by atoms with Gasteiger partial charge in [-0.15, -0.1) is 36.8 Å². The molecule has 2 fully saturated rings. The van der Waals surface area contributed by atoms with E-state index in [1.165, 1.54) is 108 Å². The molecule has 0 aromatic heterocycles. The number of halogens is 2. The zero-order valence-corrected chi connectivity index (χ0v) is 30.8. The number of fused-ring (bicyclic) bond motifs is 3. The van der Waals surface area contributed by atoms with Gasteiger partial charge in [0.2, 0.25) is 0 Å². The summed E-state index contributed by atoms with van der Waals surface area (Å²) in [5.74, 6) is 0. The van der Waals surface area contributed by atoms with Crippen molar-refractivity contribution in [3.05, 3.63) is 95.8 Å². The van der Waals surface area contributed by atoms with Crippen LogP contribution in [0, 0.1) is 25.0 Å². The second-order valence-corrected chi connectivity index (χ2v) is 12.5. The molecule has 0 nitrogen and oxygen atoms in total. The first kappa shape index (κ1) is 39.6. The standard InChI is InChI=1S/C21H25.2C5H9.C5H5.2ClH.Si.Zr/c1-20(2,3)16-9-7-14-11-15-8-10-17(21(4,5)6)13-19(15)18(14)12-16;3*1-2-4-5-3-1;;;;/h7,9-10,12-13H,11H2,1-6H3;2*1H,2-5H2;1-3H,4H2;2*1H;;/q4*-1;;;;. The molecule has 0 bridgehead atoms. The van der Waals surface area contributed by atoms with E-state index in [-0.39, 0.29) is 35.6 Å². The van der Waals surface area contributed by atoms with Crippen LogP contribution in [0.3, 0.4) is 0 Å². The summed E-state index contributed by atoms with van der Waals surface area (Å²) in [6.07, 6.45) is 27.0. The summed E-state index contributed by atoms with van der Waals surface area (Å²) < 4.78 is 0. The SMILES string of the molecule is CC(C)(C)c1c[c-]c2c(c1)-c1cc(C(C)(C)C)ccc1C2.Cl.Cl.[C-]1=CC=CC1.[CH-]1CCCC1.[CH-]1CCCC1.[Si]=[Zr]. The van der Waals surface area contributed by atoms with E-state index in [0.717, 1.165) is 12.8 Å². The summed E-state index contributed by atoms with van der Waals surface area (Å²) >= 11 is 1.36. The minimum atomic E-state index is 0. The predicted molar refractivity (Wildman–Crippen MR) is 178 cm³/mol. The third kappa shape index (κ3) is 13.7. The van der Waals surface area contributed by atoms with Crippen LogP contribution in [0.4, 0.5) is 0 Å². The number of hydrogen-bond acceptors (Lipinski definition) is 0. The predicted octanol–water partition coefficient (Wildman–Crippen LogP) is 10.9. The van der Waals surface area contributed by atoms with Gasteiger partial charge in [0.1, 0.15) is 0 Å². The summed E-state index contributed by atoms with van der Waals surface area (Å²) in [7, 11) is 0. The molecule has 2 aromatic rings. The van der Waals surface area contributed by atoms with Crippen molar-refractivity contribution in [2.24, 2.45) is 0 Å². The third-order valence-corrected chi connectivity index (χ3v) is 7.25. The Morgan fingerprint density at radius 3 is 1.65 bits per heavy atom. The van der Waals surface area contributed by atoms with Gasteiger partial charge < -0.3 is 12.8 Å². The van der Waals surface area contributed by atoms with Gasteiger partial charge in [-0.3, -0.25) is 6.08 Å². The van der Waals surface area contributed by atoms with Gasteiger partial charge >= 0.3 is 30.2 Å². The summed E-state index contributed by atoms with van der Waals surface area (Å²) in [5.41, 5.74) is 8.76. The molecule has 4 aliphatic rings. The van der Waals surface area contributed by atoms with E-state index < -0.39 is 0 Å². The van der Waals surface area contributed by atoms with Crippen LogP contribution in [0.1, 0.15) is 122 Å². The third-order valence-electron chi connectivity index (χ3n) is 7.25. The molecular formula is C36H50Cl2SiZr-4. The van der Waals surface area contributed by atoms with Crippen LogP contribution in [0.2, 0.25) is 0 Å². The normalized spacial score (nSPS) is 15.6. The fourth-order valence-corrected chi connectivity index (χ4v) is 4.77. The Balaban J connectivity index is 0.000000650. The Hall–Kier alpha value is -0.400. The Labute approximate surface area is 276 Å². The molecule has 0 amide bonds. The van der Waals surface area contributed by atoms with E-state index in [4.69, 9.17) is 0 Å². The molecule has 40 heavy (non-hydrogen) atoms. The molecule has 2 saturated carbocycles. The Morgan fingerprint density at radius 2 is 1.27 bits per heavy atom. The van der Waals surface area contributed by atoms with Gasteiger partial charge in [0.25, 0.3) is 0 Å². The molecule has 2 radical (unpaired) electrons. The molecule has 0 atom stereocenters. The molecule has 0 saturated heterocycles. The molecule has 6 rings (SSSR count). The monoisotopic (exact) mass is 670 g/mol. The van der Waals surface area contributed by atoms with Crippen LogP contribution in [0.15, 0.2) is 48.6 Å². The van der Waals surface area contributed by atoms with Crippen molar-refractivity contribution in [2.45, 2.75) is 117 Å². The summed E-state index contributed by atoms with van der Waals surface area (Å²) in [5, 5.41) is 0. The van der Waals surface area contributed by atoms with Gasteiger partial charge in [0, 0.05) is 0 Å². The minimum absolute atomic E-state index is 0. The number of allylic oxidation sites excluding steroid dienone is 4. The van der Waals surface area contributed by atoms with E-state index >= 15 is 0 Å². The van der Waals surface area contributed by atoms with Crippen LogP contribution < -0.4 is 0 Å². The Kier molecular flexibility index (Phi) is 20.3. The molecule has 0 spiro atoms. The van der Waals surface area contributed by atoms with Crippen LogP contribution in [-0.4, -0.2) is 6.88 Å². The second kappa shape index (κ2) is 20.5. The molecule has 0 aliphatic heterocycles. The average molecular weight is 673 g/mol. The Bertz CT molecular complexity index is 939. The fourth-order valence-electron chi connectivity index (χ4n) is 4.77. The molecular weight excluding hydrogens is 623 g/mol. The first-order valence-electron chi connectivity index (χ1n) is 14.4. The van der Waals surface area contributed by atoms with E-state index in [1.807, 2.05) is 12.2 Å². The van der Waals surface area contributed by atoms with Crippen molar-refractivity contribution in [3.63, 3.8) is 0 Å². The fraction of sp³-hybridized carbons (Fsp3) is 0.500. The van der Waals surface area contributed by atoms with Gasteiger partial charge in [-0.1, -0.05) is 102 Å². The first-order valence-corrected chi connectivity index (χ1v) is 18.6. The number of rotatable bonds is 0. The summed E-state index contributed by atoms with van der Waals surface area (Å²) in [4.78, 5) is 0. The second-order valence-electron chi connectivity index (χ2n) is 12.5. The molecule has 4 heteroatoms. The van der Waals surface area contributed by atoms with E-state index in [1.54, 1.807) is 0 Å². The van der Waals surface area contributed by atoms with Gasteiger partial charge in [0.15, 0.2) is 0 Å². The molecule has 0 heterocycles. The first-order chi connectivity index (χ1) is 18.2. The van der Waals surface area contributed by atoms with Gasteiger partial charge in [-0.2, -0.15) is 61.1 Å². The van der Waals surface area contributed by atoms with Crippen molar-refractivity contribution in [1.82, 2.24) is 0 Å². The quantitative estimate of drug-likeness (QED) is 0.165. The van der Waals surface area contributed by atoms with Crippen molar-refractivity contribution in [1.29, 1.82) is 0 Å². The number of hydrogen-bond donors (Lipinski definition) is 0. The van der Waals surface area contributed by atoms with Crippen LogP contribution >= 0.6 is 24.8 Å². The van der Waals surface area contributed by atoms with Crippen LogP contribution in [-0.2, 0) is 40.6 Å². The van der Waals surface area contributed by atoms with Gasteiger partial charge in [0.05, 0.1) is 0 Å². The Morgan fingerprint density at radius 1 is 0.750 bits per heavy atom. The molecule has 4 aliphatic carbocycles. The zero-order chi connectivity index (χ0) is 28.0.